The number of rotatable bonds is 6. The van der Waals surface area contributed by atoms with Gasteiger partial charge in [0.15, 0.2) is 11.5 Å². The van der Waals surface area contributed by atoms with E-state index >= 15 is 0 Å². The Kier molecular flexibility index (Phi) is 4.81. The van der Waals surface area contributed by atoms with Crippen LogP contribution in [0.15, 0.2) is 10.7 Å². The molecule has 2 rings (SSSR count). The Morgan fingerprint density at radius 3 is 2.77 bits per heavy atom. The standard InChI is InChI=1S/C12H15F3N4O3/c1-7(21-2)11-16-9(22-18-11)6-19-5-8(3-4-20)10(17-19)12(13,14)15/h5,7,20H,3-4,6H2,1-2H3. The van der Waals surface area contributed by atoms with E-state index in [1.165, 1.54) is 13.3 Å². The molecule has 22 heavy (non-hydrogen) atoms. The Labute approximate surface area is 123 Å². The summed E-state index contributed by atoms with van der Waals surface area (Å²) in [5.41, 5.74) is -1.11. The van der Waals surface area contributed by atoms with E-state index < -0.39 is 18.5 Å². The van der Waals surface area contributed by atoms with Gasteiger partial charge in [0.05, 0.1) is 0 Å². The number of hydrogen-bond acceptors (Lipinski definition) is 6. The summed E-state index contributed by atoms with van der Waals surface area (Å²) in [5, 5.41) is 16.0. The van der Waals surface area contributed by atoms with Crippen LogP contribution >= 0.6 is 0 Å². The van der Waals surface area contributed by atoms with Crippen molar-refractivity contribution in [1.82, 2.24) is 19.9 Å². The van der Waals surface area contributed by atoms with E-state index in [0.29, 0.717) is 5.82 Å². The third kappa shape index (κ3) is 3.63. The van der Waals surface area contributed by atoms with Crippen LogP contribution in [-0.2, 0) is 23.9 Å². The summed E-state index contributed by atoms with van der Waals surface area (Å²) in [6, 6.07) is 0. The molecule has 0 fully saturated rings. The summed E-state index contributed by atoms with van der Waals surface area (Å²) in [6.07, 6.45) is -3.89. The molecule has 0 bridgehead atoms. The summed E-state index contributed by atoms with van der Waals surface area (Å²) in [4.78, 5) is 4.03. The third-order valence-electron chi connectivity index (χ3n) is 2.99. The number of aliphatic hydroxyl groups excluding tert-OH is 1. The number of hydrogen-bond donors (Lipinski definition) is 1. The minimum atomic E-state index is -4.58. The molecule has 0 aliphatic heterocycles. The predicted octanol–water partition coefficient (Wildman–Crippen LogP) is 1.58. The van der Waals surface area contributed by atoms with Crippen molar-refractivity contribution in [1.29, 1.82) is 0 Å². The van der Waals surface area contributed by atoms with Gasteiger partial charge in [0.2, 0.25) is 5.89 Å². The van der Waals surface area contributed by atoms with Gasteiger partial charge in [-0.15, -0.1) is 0 Å². The molecule has 1 atom stereocenters. The van der Waals surface area contributed by atoms with Crippen LogP contribution in [0.2, 0.25) is 0 Å². The lowest BCUT2D eigenvalue weighted by Gasteiger charge is -2.04. The van der Waals surface area contributed by atoms with Crippen LogP contribution in [0.4, 0.5) is 13.2 Å². The van der Waals surface area contributed by atoms with E-state index in [2.05, 4.69) is 15.2 Å². The Hall–Kier alpha value is -1.94. The van der Waals surface area contributed by atoms with Gasteiger partial charge in [-0.2, -0.15) is 23.3 Å². The smallest absolute Gasteiger partial charge is 0.396 e. The fourth-order valence-electron chi connectivity index (χ4n) is 1.83. The number of alkyl halides is 3. The number of nitrogens with zero attached hydrogens (tertiary/aromatic N) is 4. The summed E-state index contributed by atoms with van der Waals surface area (Å²) < 4.78 is 49.6. The second-order valence-corrected chi connectivity index (χ2v) is 4.60. The van der Waals surface area contributed by atoms with Gasteiger partial charge in [-0.3, -0.25) is 4.68 Å². The van der Waals surface area contributed by atoms with Crippen LogP contribution in [0, 0.1) is 0 Å². The lowest BCUT2D eigenvalue weighted by molar-refractivity contribution is -0.142. The molecular formula is C12H15F3N4O3. The van der Waals surface area contributed by atoms with Gasteiger partial charge in [-0.1, -0.05) is 5.16 Å². The van der Waals surface area contributed by atoms with Crippen molar-refractivity contribution >= 4 is 0 Å². The van der Waals surface area contributed by atoms with Gasteiger partial charge in [-0.25, -0.2) is 0 Å². The highest BCUT2D eigenvalue weighted by Crippen LogP contribution is 2.31. The zero-order chi connectivity index (χ0) is 16.3. The molecule has 0 saturated heterocycles. The van der Waals surface area contributed by atoms with Gasteiger partial charge in [-0.05, 0) is 13.3 Å². The highest BCUT2D eigenvalue weighted by molar-refractivity contribution is 5.20. The summed E-state index contributed by atoms with van der Waals surface area (Å²) in [6.45, 7) is 1.21. The van der Waals surface area contributed by atoms with Gasteiger partial charge < -0.3 is 14.4 Å². The van der Waals surface area contributed by atoms with Crippen molar-refractivity contribution in [2.45, 2.75) is 32.2 Å². The van der Waals surface area contributed by atoms with E-state index in [4.69, 9.17) is 14.4 Å². The van der Waals surface area contributed by atoms with Crippen molar-refractivity contribution in [3.8, 4) is 0 Å². The average molecular weight is 320 g/mol. The van der Waals surface area contributed by atoms with Gasteiger partial charge in [0, 0.05) is 25.5 Å². The molecule has 0 aliphatic rings. The first kappa shape index (κ1) is 16.4. The van der Waals surface area contributed by atoms with Crippen LogP contribution in [0.1, 0.15) is 36.0 Å². The third-order valence-corrected chi connectivity index (χ3v) is 2.99. The molecule has 2 aromatic rings. The van der Waals surface area contributed by atoms with E-state index in [9.17, 15) is 13.2 Å². The molecule has 10 heteroatoms. The molecule has 0 saturated carbocycles. The van der Waals surface area contributed by atoms with Crippen molar-refractivity contribution in [2.75, 3.05) is 13.7 Å². The lowest BCUT2D eigenvalue weighted by atomic mass is 10.2. The van der Waals surface area contributed by atoms with E-state index in [1.54, 1.807) is 6.92 Å². The fourth-order valence-corrected chi connectivity index (χ4v) is 1.83. The predicted molar refractivity (Wildman–Crippen MR) is 66.8 cm³/mol. The largest absolute Gasteiger partial charge is 0.435 e. The highest BCUT2D eigenvalue weighted by atomic mass is 19.4. The maximum atomic E-state index is 12.9. The molecule has 7 nitrogen and oxygen atoms in total. The minimum absolute atomic E-state index is 0.0833. The van der Waals surface area contributed by atoms with Crippen LogP contribution < -0.4 is 0 Å². The fraction of sp³-hybridized carbons (Fsp3) is 0.583. The molecule has 0 spiro atoms. The van der Waals surface area contributed by atoms with Crippen LogP contribution in [0.3, 0.4) is 0 Å². The van der Waals surface area contributed by atoms with E-state index in [1.807, 2.05) is 0 Å². The summed E-state index contributed by atoms with van der Waals surface area (Å²) in [5.74, 6) is 0.418. The zero-order valence-corrected chi connectivity index (χ0v) is 12.0. The molecule has 1 N–H and O–H groups in total. The quantitative estimate of drug-likeness (QED) is 0.869. The van der Waals surface area contributed by atoms with Crippen molar-refractivity contribution in [2.24, 2.45) is 0 Å². The first-order valence-corrected chi connectivity index (χ1v) is 6.44. The van der Waals surface area contributed by atoms with Crippen molar-refractivity contribution < 1.29 is 27.5 Å². The van der Waals surface area contributed by atoms with Gasteiger partial charge >= 0.3 is 6.18 Å². The summed E-state index contributed by atoms with van der Waals surface area (Å²) in [7, 11) is 1.48. The first-order valence-electron chi connectivity index (χ1n) is 6.44. The molecule has 0 aromatic carbocycles. The Bertz CT molecular complexity index is 623. The van der Waals surface area contributed by atoms with Crippen LogP contribution in [0.5, 0.6) is 0 Å². The minimum Gasteiger partial charge on any atom is -0.396 e. The van der Waals surface area contributed by atoms with Crippen LogP contribution in [0.25, 0.3) is 0 Å². The number of aliphatic hydroxyl groups is 1. The SMILES string of the molecule is COC(C)c1noc(Cn2cc(CCO)c(C(F)(F)F)n2)n1. The lowest BCUT2D eigenvalue weighted by Crippen LogP contribution is -2.11. The number of aromatic nitrogens is 4. The molecule has 2 heterocycles. The van der Waals surface area contributed by atoms with Gasteiger partial charge in [0.1, 0.15) is 12.6 Å². The zero-order valence-electron chi connectivity index (χ0n) is 12.0. The summed E-state index contributed by atoms with van der Waals surface area (Å²) >= 11 is 0. The second kappa shape index (κ2) is 6.44. The second-order valence-electron chi connectivity index (χ2n) is 4.60. The average Bonchev–Trinajstić information content (AvgIpc) is 3.05. The number of halogens is 3. The van der Waals surface area contributed by atoms with E-state index in [0.717, 1.165) is 4.68 Å². The Balaban J connectivity index is 2.21. The maximum absolute atomic E-state index is 12.9. The van der Waals surface area contributed by atoms with Crippen LogP contribution in [-0.4, -0.2) is 38.7 Å². The maximum Gasteiger partial charge on any atom is 0.435 e. The Morgan fingerprint density at radius 1 is 1.45 bits per heavy atom. The molecule has 0 aliphatic carbocycles. The number of ether oxygens (including phenoxy) is 1. The van der Waals surface area contributed by atoms with Gasteiger partial charge in [0.25, 0.3) is 0 Å². The molecular weight excluding hydrogens is 305 g/mol. The van der Waals surface area contributed by atoms with Crippen molar-refractivity contribution in [3.63, 3.8) is 0 Å². The first-order chi connectivity index (χ1) is 10.3. The molecule has 1 unspecified atom stereocenters. The Morgan fingerprint density at radius 2 is 2.18 bits per heavy atom. The molecule has 122 valence electrons. The topological polar surface area (TPSA) is 86.2 Å². The van der Waals surface area contributed by atoms with Crippen molar-refractivity contribution in [3.05, 3.63) is 29.2 Å². The van der Waals surface area contributed by atoms with E-state index in [-0.39, 0.29) is 30.5 Å². The molecule has 0 radical (unpaired) electrons. The highest BCUT2D eigenvalue weighted by Gasteiger charge is 2.37. The monoisotopic (exact) mass is 320 g/mol. The normalized spacial score (nSPS) is 13.5. The molecule has 2 aromatic heterocycles. The number of methoxy groups -OCH3 is 1. The molecule has 0 amide bonds.